The van der Waals surface area contributed by atoms with Crippen LogP contribution in [0, 0.1) is 17.8 Å². The van der Waals surface area contributed by atoms with E-state index in [2.05, 4.69) is 0 Å². The molecule has 7 nitrogen and oxygen atoms in total. The van der Waals surface area contributed by atoms with E-state index in [-0.39, 0.29) is 5.92 Å². The van der Waals surface area contributed by atoms with Crippen molar-refractivity contribution in [2.45, 2.75) is 70.0 Å². The Morgan fingerprint density at radius 2 is 1.65 bits per heavy atom. The van der Waals surface area contributed by atoms with Crippen molar-refractivity contribution in [2.24, 2.45) is 17.8 Å². The molecule has 146 valence electrons. The lowest BCUT2D eigenvalue weighted by Gasteiger charge is -2.59. The van der Waals surface area contributed by atoms with Crippen molar-refractivity contribution >= 4 is 17.9 Å². The number of carbonyl (C=O) groups excluding carboxylic acids is 3. The van der Waals surface area contributed by atoms with E-state index >= 15 is 0 Å². The molecule has 1 N–H and O–H groups in total. The summed E-state index contributed by atoms with van der Waals surface area (Å²) in [6.07, 6.45) is 5.32. The van der Waals surface area contributed by atoms with Gasteiger partial charge in [0.05, 0.1) is 11.5 Å². The Labute approximate surface area is 153 Å². The van der Waals surface area contributed by atoms with Crippen LogP contribution < -0.4 is 0 Å². The highest BCUT2D eigenvalue weighted by Crippen LogP contribution is 2.58. The third kappa shape index (κ3) is 4.19. The molecule has 4 saturated carbocycles. The van der Waals surface area contributed by atoms with Gasteiger partial charge < -0.3 is 19.3 Å². The van der Waals surface area contributed by atoms with Crippen LogP contribution in [0.2, 0.25) is 0 Å². The Bertz CT molecular complexity index is 570. The van der Waals surface area contributed by atoms with Gasteiger partial charge in [-0.1, -0.05) is 13.8 Å². The van der Waals surface area contributed by atoms with Gasteiger partial charge in [0.15, 0.2) is 13.2 Å². The second kappa shape index (κ2) is 7.18. The minimum Gasteiger partial charge on any atom is -0.456 e. The first kappa shape index (κ1) is 19.1. The van der Waals surface area contributed by atoms with Crippen LogP contribution >= 0.6 is 0 Å². The van der Waals surface area contributed by atoms with E-state index in [9.17, 15) is 19.5 Å². The maximum absolute atomic E-state index is 12.1. The van der Waals surface area contributed by atoms with Gasteiger partial charge in [0.2, 0.25) is 0 Å². The minimum atomic E-state index is -0.775. The van der Waals surface area contributed by atoms with Crippen molar-refractivity contribution in [3.05, 3.63) is 0 Å². The summed E-state index contributed by atoms with van der Waals surface area (Å²) in [5.41, 5.74) is -1.34. The number of carbonyl (C=O) groups is 3. The number of rotatable bonds is 7. The monoisotopic (exact) mass is 368 g/mol. The van der Waals surface area contributed by atoms with Gasteiger partial charge in [-0.3, -0.25) is 4.79 Å². The molecule has 0 radical (unpaired) electrons. The maximum atomic E-state index is 12.1. The summed E-state index contributed by atoms with van der Waals surface area (Å²) in [7, 11) is 0. The average molecular weight is 368 g/mol. The topological polar surface area (TPSA) is 99.1 Å². The van der Waals surface area contributed by atoms with Gasteiger partial charge in [0.25, 0.3) is 0 Å². The predicted octanol–water partition coefficient (Wildman–Crippen LogP) is 1.75. The summed E-state index contributed by atoms with van der Waals surface area (Å²) in [4.78, 5) is 35.3. The quantitative estimate of drug-likeness (QED) is 0.540. The summed E-state index contributed by atoms with van der Waals surface area (Å²) in [5.74, 6) is -1.34. The number of hydrogen-bond donors (Lipinski definition) is 1. The highest BCUT2D eigenvalue weighted by atomic mass is 16.6. The molecule has 0 aromatic carbocycles. The Balaban J connectivity index is 1.43. The molecule has 0 heterocycles. The lowest BCUT2D eigenvalue weighted by atomic mass is 9.52. The van der Waals surface area contributed by atoms with Crippen LogP contribution in [-0.4, -0.2) is 47.4 Å². The van der Waals surface area contributed by atoms with E-state index < -0.39 is 42.3 Å². The van der Waals surface area contributed by atoms with E-state index in [1.807, 2.05) is 6.92 Å². The molecule has 0 aliphatic heterocycles. The largest absolute Gasteiger partial charge is 0.456 e. The van der Waals surface area contributed by atoms with Gasteiger partial charge in [-0.15, -0.1) is 0 Å². The first-order valence-electron chi connectivity index (χ1n) is 9.49. The molecule has 4 fully saturated rings. The summed E-state index contributed by atoms with van der Waals surface area (Å²) in [5, 5.41) is 10.7. The Kier molecular flexibility index (Phi) is 5.28. The number of esters is 3. The van der Waals surface area contributed by atoms with Crippen LogP contribution in [0.1, 0.15) is 58.8 Å². The summed E-state index contributed by atoms with van der Waals surface area (Å²) >= 11 is 0. The first-order chi connectivity index (χ1) is 12.2. The van der Waals surface area contributed by atoms with Gasteiger partial charge >= 0.3 is 17.9 Å². The van der Waals surface area contributed by atoms with Crippen molar-refractivity contribution in [1.29, 1.82) is 0 Å². The van der Waals surface area contributed by atoms with Crippen LogP contribution in [-0.2, 0) is 28.6 Å². The number of hydrogen-bond acceptors (Lipinski definition) is 7. The Morgan fingerprint density at radius 3 is 2.23 bits per heavy atom. The zero-order chi connectivity index (χ0) is 18.9. The van der Waals surface area contributed by atoms with Gasteiger partial charge in [-0.25, -0.2) is 9.59 Å². The van der Waals surface area contributed by atoms with E-state index in [1.165, 1.54) is 0 Å². The molecule has 4 bridgehead atoms. The molecule has 0 aromatic rings. The molecule has 4 rings (SSSR count). The standard InChI is InChI=1S/C19H28O7/c1-3-12(2)17(22)25-9-15(20)24-10-16(21)26-19-7-13-4-14(8-19)6-18(23,5-13)11-19/h12-14,23H,3-11H2,1-2H3. The van der Waals surface area contributed by atoms with Crippen molar-refractivity contribution in [1.82, 2.24) is 0 Å². The second-order valence-corrected chi connectivity index (χ2v) is 8.42. The van der Waals surface area contributed by atoms with E-state index in [1.54, 1.807) is 6.92 Å². The van der Waals surface area contributed by atoms with Gasteiger partial charge in [0, 0.05) is 6.42 Å². The minimum absolute atomic E-state index is 0.283. The highest BCUT2D eigenvalue weighted by molar-refractivity contribution is 5.80. The number of aliphatic hydroxyl groups is 1. The fourth-order valence-corrected chi connectivity index (χ4v) is 5.14. The maximum Gasteiger partial charge on any atom is 0.344 e. The van der Waals surface area contributed by atoms with Crippen molar-refractivity contribution < 1.29 is 33.7 Å². The number of ether oxygens (including phenoxy) is 3. The normalized spacial score (nSPS) is 35.7. The lowest BCUT2D eigenvalue weighted by Crippen LogP contribution is -2.60. The molecule has 4 aliphatic rings. The lowest BCUT2D eigenvalue weighted by molar-refractivity contribution is -0.222. The molecular formula is C19H28O7. The van der Waals surface area contributed by atoms with Crippen LogP contribution in [0.3, 0.4) is 0 Å². The Morgan fingerprint density at radius 1 is 1.04 bits per heavy atom. The average Bonchev–Trinajstić information content (AvgIpc) is 2.54. The zero-order valence-corrected chi connectivity index (χ0v) is 15.5. The second-order valence-electron chi connectivity index (χ2n) is 8.42. The zero-order valence-electron chi connectivity index (χ0n) is 15.5. The summed E-state index contributed by atoms with van der Waals surface area (Å²) in [6, 6.07) is 0. The van der Waals surface area contributed by atoms with Crippen LogP contribution in [0.25, 0.3) is 0 Å². The van der Waals surface area contributed by atoms with Gasteiger partial charge in [-0.2, -0.15) is 0 Å². The molecular weight excluding hydrogens is 340 g/mol. The van der Waals surface area contributed by atoms with Gasteiger partial charge in [-0.05, 0) is 50.4 Å². The van der Waals surface area contributed by atoms with Crippen LogP contribution in [0.4, 0.5) is 0 Å². The van der Waals surface area contributed by atoms with E-state index in [0.717, 1.165) is 32.1 Å². The molecule has 3 atom stereocenters. The van der Waals surface area contributed by atoms with Crippen molar-refractivity contribution in [2.75, 3.05) is 13.2 Å². The third-order valence-electron chi connectivity index (χ3n) is 6.00. The predicted molar refractivity (Wildman–Crippen MR) is 89.8 cm³/mol. The molecule has 26 heavy (non-hydrogen) atoms. The van der Waals surface area contributed by atoms with Crippen molar-refractivity contribution in [3.8, 4) is 0 Å². The molecule has 0 aromatic heterocycles. The molecule has 0 amide bonds. The summed E-state index contributed by atoms with van der Waals surface area (Å²) in [6.45, 7) is 2.55. The smallest absolute Gasteiger partial charge is 0.344 e. The van der Waals surface area contributed by atoms with Crippen molar-refractivity contribution in [3.63, 3.8) is 0 Å². The third-order valence-corrected chi connectivity index (χ3v) is 6.00. The molecule has 0 spiro atoms. The van der Waals surface area contributed by atoms with Crippen LogP contribution in [0.15, 0.2) is 0 Å². The molecule has 4 aliphatic carbocycles. The molecule has 0 saturated heterocycles. The fourth-order valence-electron chi connectivity index (χ4n) is 5.14. The van der Waals surface area contributed by atoms with E-state index in [4.69, 9.17) is 14.2 Å². The summed E-state index contributed by atoms with van der Waals surface area (Å²) < 4.78 is 15.4. The SMILES string of the molecule is CCC(C)C(=O)OCC(=O)OCC(=O)OC12CC3CC(CC(O)(C3)C1)C2. The molecule has 7 heteroatoms. The van der Waals surface area contributed by atoms with E-state index in [0.29, 0.717) is 24.7 Å². The fraction of sp³-hybridized carbons (Fsp3) is 0.842. The molecule has 3 unspecified atom stereocenters. The highest BCUT2D eigenvalue weighted by Gasteiger charge is 2.59. The van der Waals surface area contributed by atoms with Crippen LogP contribution in [0.5, 0.6) is 0 Å². The first-order valence-corrected chi connectivity index (χ1v) is 9.49. The Hall–Kier alpha value is -1.63. The van der Waals surface area contributed by atoms with Gasteiger partial charge in [0.1, 0.15) is 5.60 Å².